The van der Waals surface area contributed by atoms with Crippen LogP contribution in [-0.2, 0) is 40.6 Å². The minimum absolute atomic E-state index is 0.0315. The van der Waals surface area contributed by atoms with Gasteiger partial charge in [-0.15, -0.1) is 0 Å². The molecule has 3 fully saturated rings. The number of phenolic OH excluding ortho intramolecular Hbond substituents is 1. The van der Waals surface area contributed by atoms with Crippen LogP contribution in [0, 0.1) is 17.8 Å². The van der Waals surface area contributed by atoms with E-state index in [0.29, 0.717) is 64.7 Å². The van der Waals surface area contributed by atoms with Gasteiger partial charge in [0.15, 0.2) is 11.5 Å². The predicted octanol–water partition coefficient (Wildman–Crippen LogP) is 7.32. The maximum Gasteiger partial charge on any atom is 0.421 e. The van der Waals surface area contributed by atoms with Gasteiger partial charge in [0.05, 0.1) is 37.4 Å². The molecule has 15 heteroatoms. The molecular formula is C58H52N4O11. The SMILES string of the molecule is COCCOC(=O)N1C(=O)C2(c3cc(C#Cc4ccc(OC)cc4)ccc31)C(C(=O)N1CCN(Cc3ccc4c(c3)OCO4)CC1)C1C(=O)OC(c3ccccc3)C(c3ccccc3)N1C2c1ccc(O)cc1. The number of rotatable bonds is 10. The number of carbonyl (C=O) groups is 4. The quantitative estimate of drug-likeness (QED) is 0.0829. The summed E-state index contributed by atoms with van der Waals surface area (Å²) in [6.07, 6.45) is -1.88. The van der Waals surface area contributed by atoms with E-state index in [1.165, 1.54) is 19.2 Å². The third kappa shape index (κ3) is 8.46. The first kappa shape index (κ1) is 47.2. The first-order chi connectivity index (χ1) is 35.7. The van der Waals surface area contributed by atoms with Gasteiger partial charge < -0.3 is 38.4 Å². The van der Waals surface area contributed by atoms with Crippen molar-refractivity contribution in [2.24, 2.45) is 5.92 Å². The van der Waals surface area contributed by atoms with Gasteiger partial charge >= 0.3 is 12.1 Å². The number of morpholine rings is 1. The topological polar surface area (TPSA) is 157 Å². The Hall–Kier alpha value is -8.16. The van der Waals surface area contributed by atoms with Crippen LogP contribution >= 0.6 is 0 Å². The Bertz CT molecular complexity index is 3120. The van der Waals surface area contributed by atoms with Crippen LogP contribution in [0.3, 0.4) is 0 Å². The standard InChI is InChI=1S/C58H52N4O11/c1-68-31-32-70-57(67)61-46-25-17-38(14-13-37-15-23-44(69-2)24-16-37)33-45(46)58(56(61)66)49(54(64)60-29-27-59(28-30-60)35-39-18-26-47-48(34-39)72-36-71-47)51-55(65)73-52(41-11-7-4-8-12-41)50(40-9-5-3-6-10-40)62(51)53(58)42-19-21-43(63)22-20-42/h3-12,15-26,33-34,49-53,63H,27-32,35-36H2,1-2H3. The lowest BCUT2D eigenvalue weighted by atomic mass is 9.65. The van der Waals surface area contributed by atoms with Crippen molar-refractivity contribution in [2.75, 3.05) is 65.3 Å². The van der Waals surface area contributed by atoms with E-state index < -0.39 is 59.4 Å². The molecule has 370 valence electrons. The maximum atomic E-state index is 16.6. The molecule has 1 N–H and O–H groups in total. The van der Waals surface area contributed by atoms with Crippen molar-refractivity contribution >= 4 is 29.6 Å². The lowest BCUT2D eigenvalue weighted by molar-refractivity contribution is -0.179. The van der Waals surface area contributed by atoms with E-state index in [9.17, 15) is 9.90 Å². The molecule has 0 saturated carbocycles. The molecule has 3 amide bonds. The Kier molecular flexibility index (Phi) is 12.8. The largest absolute Gasteiger partial charge is 0.508 e. The highest BCUT2D eigenvalue weighted by Crippen LogP contribution is 2.66. The second kappa shape index (κ2) is 19.8. The Labute approximate surface area is 422 Å². The first-order valence-electron chi connectivity index (χ1n) is 24.2. The van der Waals surface area contributed by atoms with E-state index in [0.717, 1.165) is 16.0 Å². The van der Waals surface area contributed by atoms with Crippen LogP contribution in [0.15, 0.2) is 146 Å². The fourth-order valence-corrected chi connectivity index (χ4v) is 11.3. The van der Waals surface area contributed by atoms with E-state index in [-0.39, 0.29) is 44.5 Å². The van der Waals surface area contributed by atoms with Crippen LogP contribution < -0.4 is 19.1 Å². The van der Waals surface area contributed by atoms with Gasteiger partial charge in [-0.05, 0) is 94.5 Å². The van der Waals surface area contributed by atoms with Gasteiger partial charge in [-0.1, -0.05) is 90.7 Å². The number of anilines is 1. The van der Waals surface area contributed by atoms with Crippen LogP contribution in [0.1, 0.15) is 57.1 Å². The molecule has 0 aliphatic carbocycles. The number of phenols is 1. The molecule has 73 heavy (non-hydrogen) atoms. The fourth-order valence-electron chi connectivity index (χ4n) is 11.3. The lowest BCUT2D eigenvalue weighted by Gasteiger charge is -2.46. The molecule has 6 aromatic rings. The molecule has 6 atom stereocenters. The highest BCUT2D eigenvalue weighted by atomic mass is 16.7. The van der Waals surface area contributed by atoms with Crippen LogP contribution in [0.2, 0.25) is 0 Å². The number of hydrogen-bond acceptors (Lipinski definition) is 13. The summed E-state index contributed by atoms with van der Waals surface area (Å²) in [6, 6.07) is 40.4. The minimum Gasteiger partial charge on any atom is -0.508 e. The van der Waals surface area contributed by atoms with Gasteiger partial charge in [-0.25, -0.2) is 9.69 Å². The number of hydrogen-bond donors (Lipinski definition) is 1. The minimum atomic E-state index is -2.02. The number of aromatic hydroxyl groups is 1. The molecule has 5 heterocycles. The number of imide groups is 1. The Morgan fingerprint density at radius 1 is 0.712 bits per heavy atom. The molecule has 3 saturated heterocycles. The number of methoxy groups -OCH3 is 2. The van der Waals surface area contributed by atoms with Crippen molar-refractivity contribution in [1.82, 2.24) is 14.7 Å². The summed E-state index contributed by atoms with van der Waals surface area (Å²) < 4.78 is 34.2. The summed E-state index contributed by atoms with van der Waals surface area (Å²) in [7, 11) is 3.06. The van der Waals surface area contributed by atoms with Gasteiger partial charge in [0, 0.05) is 51.0 Å². The number of benzene rings is 6. The van der Waals surface area contributed by atoms with Gasteiger partial charge in [0.2, 0.25) is 18.6 Å². The molecule has 6 aromatic carbocycles. The second-order valence-corrected chi connectivity index (χ2v) is 18.6. The molecule has 5 aliphatic rings. The number of piperazine rings is 1. The molecule has 0 radical (unpaired) electrons. The van der Waals surface area contributed by atoms with E-state index in [1.807, 2.05) is 108 Å². The van der Waals surface area contributed by atoms with Crippen LogP contribution in [0.5, 0.6) is 23.0 Å². The van der Waals surface area contributed by atoms with Crippen molar-refractivity contribution in [2.45, 2.75) is 36.2 Å². The monoisotopic (exact) mass is 980 g/mol. The summed E-state index contributed by atoms with van der Waals surface area (Å²) in [6.45, 7) is 2.16. The first-order valence-corrected chi connectivity index (χ1v) is 24.2. The van der Waals surface area contributed by atoms with E-state index in [2.05, 4.69) is 16.7 Å². The zero-order valence-electron chi connectivity index (χ0n) is 40.2. The molecule has 1 spiro atoms. The highest BCUT2D eigenvalue weighted by molar-refractivity contribution is 6.23. The third-order valence-electron chi connectivity index (χ3n) is 14.6. The average molecular weight is 981 g/mol. The molecule has 5 aliphatic heterocycles. The van der Waals surface area contributed by atoms with Crippen LogP contribution in [0.4, 0.5) is 10.5 Å². The molecular weight excluding hydrogens is 929 g/mol. The summed E-state index contributed by atoms with van der Waals surface area (Å²) in [5.41, 5.74) is 2.65. The van der Waals surface area contributed by atoms with Gasteiger partial charge in [0.25, 0.3) is 0 Å². The molecule has 6 unspecified atom stereocenters. The van der Waals surface area contributed by atoms with Crippen molar-refractivity contribution in [3.8, 4) is 34.8 Å². The van der Waals surface area contributed by atoms with Crippen LogP contribution in [0.25, 0.3) is 0 Å². The van der Waals surface area contributed by atoms with Gasteiger partial charge in [-0.2, -0.15) is 0 Å². The normalized spacial score (nSPS) is 23.1. The molecule has 11 rings (SSSR count). The number of ether oxygens (including phenoxy) is 6. The van der Waals surface area contributed by atoms with Crippen molar-refractivity contribution in [1.29, 1.82) is 0 Å². The molecule has 0 bridgehead atoms. The number of amides is 3. The maximum absolute atomic E-state index is 16.6. The number of nitrogens with zero attached hydrogens (tertiary/aromatic N) is 4. The highest BCUT2D eigenvalue weighted by Gasteiger charge is 2.76. The lowest BCUT2D eigenvalue weighted by Crippen LogP contribution is -2.59. The van der Waals surface area contributed by atoms with E-state index >= 15 is 14.4 Å². The number of esters is 1. The van der Waals surface area contributed by atoms with E-state index in [1.54, 1.807) is 42.3 Å². The smallest absolute Gasteiger partial charge is 0.421 e. The zero-order valence-corrected chi connectivity index (χ0v) is 40.2. The number of cyclic esters (lactones) is 1. The molecule has 0 aromatic heterocycles. The van der Waals surface area contributed by atoms with Crippen molar-refractivity contribution in [3.05, 3.63) is 185 Å². The van der Waals surface area contributed by atoms with Gasteiger partial charge in [-0.3, -0.25) is 24.2 Å². The second-order valence-electron chi connectivity index (χ2n) is 18.6. The Balaban J connectivity index is 1.11. The predicted molar refractivity (Wildman–Crippen MR) is 267 cm³/mol. The number of fused-ring (bicyclic) bond motifs is 4. The van der Waals surface area contributed by atoms with Gasteiger partial charge in [0.1, 0.15) is 35.7 Å². The third-order valence-corrected chi connectivity index (χ3v) is 14.6. The summed E-state index contributed by atoms with van der Waals surface area (Å²) in [4.78, 5) is 70.0. The van der Waals surface area contributed by atoms with Crippen molar-refractivity contribution in [3.63, 3.8) is 0 Å². The summed E-state index contributed by atoms with van der Waals surface area (Å²) >= 11 is 0. The zero-order chi connectivity index (χ0) is 50.2. The average Bonchev–Trinajstić information content (AvgIpc) is 4.13. The molecule has 15 nitrogen and oxygen atoms in total. The Morgan fingerprint density at radius 3 is 2.11 bits per heavy atom. The summed E-state index contributed by atoms with van der Waals surface area (Å²) in [5.74, 6) is 5.12. The summed E-state index contributed by atoms with van der Waals surface area (Å²) in [5, 5.41) is 10.8. The fraction of sp³-hybridized carbons (Fsp3) is 0.276. The van der Waals surface area contributed by atoms with Crippen molar-refractivity contribution < 1.29 is 52.7 Å². The van der Waals surface area contributed by atoms with Crippen LogP contribution in [-0.4, -0.2) is 110 Å². The number of carbonyl (C=O) groups excluding carboxylic acids is 4. The van der Waals surface area contributed by atoms with E-state index in [4.69, 9.17) is 28.4 Å². The Morgan fingerprint density at radius 2 is 1.40 bits per heavy atom.